The van der Waals surface area contributed by atoms with Crippen LogP contribution in [0.25, 0.3) is 0 Å². The molecule has 0 bridgehead atoms. The van der Waals surface area contributed by atoms with Crippen molar-refractivity contribution >= 4 is 5.97 Å². The van der Waals surface area contributed by atoms with Crippen molar-refractivity contribution in [3.8, 4) is 0 Å². The SMILES string of the molecule is CCCCCCCCCCC[C@@H]1CC=C(CCCCCC)C(=O)O1. The Balaban J connectivity index is 2.01. The summed E-state index contributed by atoms with van der Waals surface area (Å²) in [6.45, 7) is 4.48. The van der Waals surface area contributed by atoms with Gasteiger partial charge in [-0.15, -0.1) is 0 Å². The normalized spacial score (nSPS) is 17.7. The van der Waals surface area contributed by atoms with Gasteiger partial charge in [0.25, 0.3) is 0 Å². The van der Waals surface area contributed by atoms with Crippen LogP contribution in [0.1, 0.15) is 117 Å². The second-order valence-corrected chi connectivity index (χ2v) is 7.42. The van der Waals surface area contributed by atoms with Crippen molar-refractivity contribution in [3.05, 3.63) is 11.6 Å². The van der Waals surface area contributed by atoms with E-state index < -0.39 is 0 Å². The Morgan fingerprint density at radius 1 is 0.833 bits per heavy atom. The molecule has 0 radical (unpaired) electrons. The zero-order valence-electron chi connectivity index (χ0n) is 16.3. The highest BCUT2D eigenvalue weighted by Crippen LogP contribution is 2.23. The molecule has 140 valence electrons. The number of carbonyl (C=O) groups is 1. The van der Waals surface area contributed by atoms with Crippen molar-refractivity contribution in [1.82, 2.24) is 0 Å². The molecule has 1 heterocycles. The van der Waals surface area contributed by atoms with Crippen LogP contribution in [0.4, 0.5) is 0 Å². The first-order chi connectivity index (χ1) is 11.8. The molecule has 1 aliphatic rings. The number of hydrogen-bond acceptors (Lipinski definition) is 2. The molecule has 0 spiro atoms. The van der Waals surface area contributed by atoms with E-state index in [2.05, 4.69) is 19.9 Å². The highest BCUT2D eigenvalue weighted by atomic mass is 16.5. The van der Waals surface area contributed by atoms with Crippen LogP contribution in [-0.4, -0.2) is 12.1 Å². The van der Waals surface area contributed by atoms with Gasteiger partial charge in [0.2, 0.25) is 0 Å². The van der Waals surface area contributed by atoms with E-state index in [1.165, 1.54) is 77.0 Å². The van der Waals surface area contributed by atoms with Crippen LogP contribution in [0, 0.1) is 0 Å². The van der Waals surface area contributed by atoms with Gasteiger partial charge < -0.3 is 4.74 Å². The molecule has 2 heteroatoms. The van der Waals surface area contributed by atoms with Crippen molar-refractivity contribution < 1.29 is 9.53 Å². The van der Waals surface area contributed by atoms with Gasteiger partial charge in [-0.2, -0.15) is 0 Å². The summed E-state index contributed by atoms with van der Waals surface area (Å²) in [6.07, 6.45) is 22.1. The Kier molecular flexibility index (Phi) is 12.9. The Morgan fingerprint density at radius 3 is 1.96 bits per heavy atom. The highest BCUT2D eigenvalue weighted by molar-refractivity contribution is 5.89. The Hall–Kier alpha value is -0.790. The minimum absolute atomic E-state index is 0.0429. The molecule has 2 nitrogen and oxygen atoms in total. The average molecular weight is 337 g/mol. The molecule has 24 heavy (non-hydrogen) atoms. The molecular formula is C22H40O2. The molecule has 0 aliphatic carbocycles. The quantitative estimate of drug-likeness (QED) is 0.235. The molecule has 0 aromatic heterocycles. The zero-order chi connectivity index (χ0) is 17.5. The minimum atomic E-state index is -0.0429. The monoisotopic (exact) mass is 336 g/mol. The van der Waals surface area contributed by atoms with Gasteiger partial charge in [-0.3, -0.25) is 0 Å². The predicted molar refractivity (Wildman–Crippen MR) is 103 cm³/mol. The van der Waals surface area contributed by atoms with Gasteiger partial charge in [-0.05, 0) is 25.7 Å². The Bertz CT molecular complexity index is 346. The first-order valence-electron chi connectivity index (χ1n) is 10.7. The van der Waals surface area contributed by atoms with Gasteiger partial charge in [0.05, 0.1) is 0 Å². The van der Waals surface area contributed by atoms with Crippen molar-refractivity contribution in [2.75, 3.05) is 0 Å². The van der Waals surface area contributed by atoms with Crippen molar-refractivity contribution in [2.24, 2.45) is 0 Å². The lowest BCUT2D eigenvalue weighted by Crippen LogP contribution is -2.23. The van der Waals surface area contributed by atoms with Crippen LogP contribution in [0.15, 0.2) is 11.6 Å². The van der Waals surface area contributed by atoms with Gasteiger partial charge in [0, 0.05) is 12.0 Å². The zero-order valence-corrected chi connectivity index (χ0v) is 16.3. The summed E-state index contributed by atoms with van der Waals surface area (Å²) in [6, 6.07) is 0. The maximum atomic E-state index is 12.0. The molecule has 0 aromatic carbocycles. The van der Waals surface area contributed by atoms with E-state index in [-0.39, 0.29) is 12.1 Å². The van der Waals surface area contributed by atoms with E-state index in [0.29, 0.717) is 0 Å². The number of esters is 1. The number of hydrogen-bond donors (Lipinski definition) is 0. The fraction of sp³-hybridized carbons (Fsp3) is 0.864. The fourth-order valence-electron chi connectivity index (χ4n) is 3.44. The van der Waals surface area contributed by atoms with Crippen molar-refractivity contribution in [2.45, 2.75) is 123 Å². The van der Waals surface area contributed by atoms with E-state index in [9.17, 15) is 4.79 Å². The van der Waals surface area contributed by atoms with Crippen LogP contribution in [-0.2, 0) is 9.53 Å². The minimum Gasteiger partial charge on any atom is -0.459 e. The molecule has 0 fully saturated rings. The summed E-state index contributed by atoms with van der Waals surface area (Å²) < 4.78 is 5.62. The molecule has 1 aliphatic heterocycles. The van der Waals surface area contributed by atoms with E-state index in [4.69, 9.17) is 4.74 Å². The summed E-state index contributed by atoms with van der Waals surface area (Å²) in [4.78, 5) is 12.0. The number of carbonyl (C=O) groups excluding carboxylic acids is 1. The second kappa shape index (κ2) is 14.5. The average Bonchev–Trinajstić information content (AvgIpc) is 2.59. The molecule has 1 atom stereocenters. The summed E-state index contributed by atoms with van der Waals surface area (Å²) in [5.74, 6) is -0.0429. The Morgan fingerprint density at radius 2 is 1.38 bits per heavy atom. The topological polar surface area (TPSA) is 26.3 Å². The standard InChI is InChI=1S/C22H40O2/c1-3-5-7-9-10-11-12-13-15-17-21-19-18-20(22(23)24-21)16-14-8-6-4-2/h18,21H,3-17,19H2,1-2H3/t21-/m1/s1. The molecule has 0 amide bonds. The third-order valence-electron chi connectivity index (χ3n) is 5.09. The van der Waals surface area contributed by atoms with Gasteiger partial charge >= 0.3 is 5.97 Å². The molecule has 0 saturated carbocycles. The largest absolute Gasteiger partial charge is 0.459 e. The molecule has 1 rings (SSSR count). The van der Waals surface area contributed by atoms with Crippen LogP contribution in [0.5, 0.6) is 0 Å². The number of rotatable bonds is 15. The summed E-state index contributed by atoms with van der Waals surface area (Å²) in [5, 5.41) is 0. The molecule has 0 aromatic rings. The van der Waals surface area contributed by atoms with Crippen molar-refractivity contribution in [3.63, 3.8) is 0 Å². The van der Waals surface area contributed by atoms with Crippen molar-refractivity contribution in [1.29, 1.82) is 0 Å². The lowest BCUT2D eigenvalue weighted by Gasteiger charge is -2.22. The van der Waals surface area contributed by atoms with Crippen LogP contribution >= 0.6 is 0 Å². The summed E-state index contributed by atoms with van der Waals surface area (Å²) >= 11 is 0. The van der Waals surface area contributed by atoms with E-state index in [1.54, 1.807) is 0 Å². The van der Waals surface area contributed by atoms with Gasteiger partial charge in [0.15, 0.2) is 0 Å². The van der Waals surface area contributed by atoms with E-state index in [0.717, 1.165) is 31.3 Å². The molecule has 0 saturated heterocycles. The molecule has 0 N–H and O–H groups in total. The van der Waals surface area contributed by atoms with Crippen LogP contribution in [0.3, 0.4) is 0 Å². The highest BCUT2D eigenvalue weighted by Gasteiger charge is 2.21. The maximum Gasteiger partial charge on any atom is 0.333 e. The maximum absolute atomic E-state index is 12.0. The number of unbranched alkanes of at least 4 members (excludes halogenated alkanes) is 11. The van der Waals surface area contributed by atoms with Gasteiger partial charge in [-0.1, -0.05) is 90.6 Å². The first-order valence-corrected chi connectivity index (χ1v) is 10.7. The van der Waals surface area contributed by atoms with Gasteiger partial charge in [-0.25, -0.2) is 4.79 Å². The smallest absolute Gasteiger partial charge is 0.333 e. The molecular weight excluding hydrogens is 296 g/mol. The van der Waals surface area contributed by atoms with E-state index >= 15 is 0 Å². The molecule has 0 unspecified atom stereocenters. The third kappa shape index (κ3) is 10.2. The first kappa shape index (κ1) is 21.3. The second-order valence-electron chi connectivity index (χ2n) is 7.42. The fourth-order valence-corrected chi connectivity index (χ4v) is 3.44. The van der Waals surface area contributed by atoms with E-state index in [1.807, 2.05) is 0 Å². The lowest BCUT2D eigenvalue weighted by molar-refractivity contribution is -0.146. The number of cyclic esters (lactones) is 1. The predicted octanol–water partition coefficient (Wildman–Crippen LogP) is 7.12. The van der Waals surface area contributed by atoms with Crippen LogP contribution in [0.2, 0.25) is 0 Å². The van der Waals surface area contributed by atoms with Gasteiger partial charge in [0.1, 0.15) is 6.10 Å². The van der Waals surface area contributed by atoms with Crippen LogP contribution < -0.4 is 0 Å². The summed E-state index contributed by atoms with van der Waals surface area (Å²) in [7, 11) is 0. The lowest BCUT2D eigenvalue weighted by atomic mass is 9.99. The Labute approximate surface area is 150 Å². The number of ether oxygens (including phenoxy) is 1. The third-order valence-corrected chi connectivity index (χ3v) is 5.09. The summed E-state index contributed by atoms with van der Waals surface area (Å²) in [5.41, 5.74) is 0.925.